The van der Waals surface area contributed by atoms with Gasteiger partial charge in [-0.3, -0.25) is 9.69 Å². The highest BCUT2D eigenvalue weighted by molar-refractivity contribution is 5.97. The molecule has 2 aliphatic carbocycles. The highest BCUT2D eigenvalue weighted by Gasteiger charge is 2.47. The van der Waals surface area contributed by atoms with Crippen molar-refractivity contribution in [1.82, 2.24) is 14.5 Å². The van der Waals surface area contributed by atoms with Gasteiger partial charge in [-0.2, -0.15) is 0 Å². The molecule has 2 saturated heterocycles. The Balaban J connectivity index is 1.30. The summed E-state index contributed by atoms with van der Waals surface area (Å²) >= 11 is 0. The van der Waals surface area contributed by atoms with E-state index in [-0.39, 0.29) is 17.3 Å². The minimum Gasteiger partial charge on any atom is -0.478 e. The molecule has 2 aliphatic heterocycles. The largest absolute Gasteiger partial charge is 0.478 e. The van der Waals surface area contributed by atoms with Gasteiger partial charge in [0.25, 0.3) is 5.56 Å². The maximum atomic E-state index is 14.0. The summed E-state index contributed by atoms with van der Waals surface area (Å²) in [5, 5.41) is 13.4. The number of piperidine rings is 1. The summed E-state index contributed by atoms with van der Waals surface area (Å²) < 4.78 is 1.96. The van der Waals surface area contributed by atoms with Crippen molar-refractivity contribution in [1.29, 1.82) is 0 Å². The summed E-state index contributed by atoms with van der Waals surface area (Å²) in [4.78, 5) is 38.3. The van der Waals surface area contributed by atoms with Gasteiger partial charge in [0, 0.05) is 24.2 Å². The Bertz CT molecular complexity index is 1310. The van der Waals surface area contributed by atoms with E-state index in [1.54, 1.807) is 6.92 Å². The fourth-order valence-electron chi connectivity index (χ4n) is 8.12. The van der Waals surface area contributed by atoms with Crippen LogP contribution >= 0.6 is 0 Å². The number of aromatic nitrogens is 2. The average molecular weight is 535 g/mol. The fourth-order valence-corrected chi connectivity index (χ4v) is 8.12. The lowest BCUT2D eigenvalue weighted by Crippen LogP contribution is -2.52. The molecule has 0 spiro atoms. The van der Waals surface area contributed by atoms with E-state index >= 15 is 0 Å². The summed E-state index contributed by atoms with van der Waals surface area (Å²) in [6.07, 6.45) is 14.2. The van der Waals surface area contributed by atoms with Gasteiger partial charge in [-0.25, -0.2) is 9.78 Å². The number of fused-ring (bicyclic) bond motifs is 5. The third kappa shape index (κ3) is 5.01. The van der Waals surface area contributed by atoms with E-state index in [2.05, 4.69) is 15.0 Å². The van der Waals surface area contributed by atoms with Crippen LogP contribution in [0, 0.1) is 11.8 Å². The van der Waals surface area contributed by atoms with Gasteiger partial charge in [-0.15, -0.1) is 0 Å². The molecule has 210 valence electrons. The minimum absolute atomic E-state index is 0.105. The van der Waals surface area contributed by atoms with Crippen molar-refractivity contribution in [2.75, 3.05) is 0 Å². The Kier molecular flexibility index (Phi) is 7.02. The van der Waals surface area contributed by atoms with Crippen molar-refractivity contribution in [3.63, 3.8) is 0 Å². The molecule has 4 aliphatic rings. The molecule has 4 unspecified atom stereocenters. The molecule has 4 atom stereocenters. The van der Waals surface area contributed by atoms with Gasteiger partial charge < -0.3 is 14.5 Å². The van der Waals surface area contributed by atoms with Crippen LogP contribution in [0.2, 0.25) is 0 Å². The van der Waals surface area contributed by atoms with Gasteiger partial charge in [-0.1, -0.05) is 43.0 Å². The molecule has 8 nitrogen and oxygen atoms in total. The first-order chi connectivity index (χ1) is 18.7. The lowest BCUT2D eigenvalue weighted by atomic mass is 9.76. The molecule has 2 aromatic rings. The average Bonchev–Trinajstić information content (AvgIpc) is 3.06. The Morgan fingerprint density at radius 3 is 2.23 bits per heavy atom. The molecule has 6 rings (SSSR count). The van der Waals surface area contributed by atoms with Crippen LogP contribution in [-0.2, 0) is 9.63 Å². The second-order valence-electron chi connectivity index (χ2n) is 13.0. The van der Waals surface area contributed by atoms with Gasteiger partial charge in [-0.05, 0) is 89.7 Å². The minimum atomic E-state index is -1.50. The van der Waals surface area contributed by atoms with Crippen molar-refractivity contribution < 1.29 is 14.7 Å². The van der Waals surface area contributed by atoms with Crippen molar-refractivity contribution >= 4 is 22.7 Å². The zero-order chi connectivity index (χ0) is 27.3. The topological polar surface area (TPSA) is 97.0 Å². The van der Waals surface area contributed by atoms with Crippen molar-refractivity contribution in [2.45, 2.75) is 121 Å². The maximum absolute atomic E-state index is 14.0. The number of para-hydroxylation sites is 2. The highest BCUT2D eigenvalue weighted by Crippen LogP contribution is 2.47. The Morgan fingerprint density at radius 1 is 0.949 bits per heavy atom. The number of benzene rings is 1. The summed E-state index contributed by atoms with van der Waals surface area (Å²) in [6.45, 7) is 4.53. The van der Waals surface area contributed by atoms with Crippen LogP contribution in [0.3, 0.4) is 0 Å². The van der Waals surface area contributed by atoms with Crippen LogP contribution in [0.25, 0.3) is 11.0 Å². The molecule has 8 heteroatoms. The number of nitrogens with zero attached hydrogens (tertiary/aromatic N) is 4. The third-order valence-corrected chi connectivity index (χ3v) is 9.97. The Hall–Kier alpha value is -2.74. The standard InChI is InChI=1S/C31H42N4O4/c1-19(33-39-31(2,3)30(37)38)28-29(36)35(27-11-7-6-10-26(27)32-28)25-17-22-12-13-23(18-25)34(22)24-15-20-8-4-5-9-21(14-20)16-24/h6-7,10-11,20-25H,4-5,8-9,12-18H2,1-3H3,(H,37,38). The molecule has 1 aromatic heterocycles. The number of oxime groups is 1. The zero-order valence-corrected chi connectivity index (χ0v) is 23.5. The number of carboxylic acid groups (broad SMARTS) is 1. The van der Waals surface area contributed by atoms with Gasteiger partial charge in [0.1, 0.15) is 5.71 Å². The van der Waals surface area contributed by atoms with Crippen molar-refractivity contribution in [2.24, 2.45) is 17.0 Å². The predicted molar refractivity (Wildman–Crippen MR) is 151 cm³/mol. The number of hydrogen-bond acceptors (Lipinski definition) is 6. The normalized spacial score (nSPS) is 31.7. The Labute approximate surface area is 230 Å². The highest BCUT2D eigenvalue weighted by atomic mass is 16.7. The quantitative estimate of drug-likeness (QED) is 0.387. The van der Waals surface area contributed by atoms with Crippen molar-refractivity contribution in [3.05, 3.63) is 40.3 Å². The van der Waals surface area contributed by atoms with Crippen LogP contribution < -0.4 is 5.56 Å². The molecule has 1 aromatic carbocycles. The summed E-state index contributed by atoms with van der Waals surface area (Å²) in [5.74, 6) is 0.680. The molecular formula is C31H42N4O4. The predicted octanol–water partition coefficient (Wildman–Crippen LogP) is 5.53. The van der Waals surface area contributed by atoms with Gasteiger partial charge >= 0.3 is 5.97 Å². The van der Waals surface area contributed by atoms with Gasteiger partial charge in [0.2, 0.25) is 5.60 Å². The van der Waals surface area contributed by atoms with Gasteiger partial charge in [0.05, 0.1) is 11.0 Å². The maximum Gasteiger partial charge on any atom is 0.350 e. The molecule has 4 fully saturated rings. The molecule has 0 radical (unpaired) electrons. The first-order valence-electron chi connectivity index (χ1n) is 15.0. The molecule has 39 heavy (non-hydrogen) atoms. The first-order valence-corrected chi connectivity index (χ1v) is 15.0. The van der Waals surface area contributed by atoms with Crippen LogP contribution in [0.15, 0.2) is 34.2 Å². The van der Waals surface area contributed by atoms with E-state index in [0.29, 0.717) is 23.8 Å². The number of aliphatic carboxylic acids is 1. The number of carboxylic acids is 1. The second kappa shape index (κ2) is 10.3. The molecule has 2 saturated carbocycles. The van der Waals surface area contributed by atoms with Crippen LogP contribution in [-0.4, -0.2) is 55.0 Å². The number of rotatable bonds is 6. The summed E-state index contributed by atoms with van der Waals surface area (Å²) in [6, 6.07) is 9.67. The summed E-state index contributed by atoms with van der Waals surface area (Å²) in [7, 11) is 0. The fraction of sp³-hybridized carbons (Fsp3) is 0.677. The molecule has 1 N–H and O–H groups in total. The zero-order valence-electron chi connectivity index (χ0n) is 23.5. The van der Waals surface area contributed by atoms with Crippen LogP contribution in [0.1, 0.15) is 103 Å². The lowest BCUT2D eigenvalue weighted by molar-refractivity contribution is -0.161. The second-order valence-corrected chi connectivity index (χ2v) is 13.0. The molecule has 3 heterocycles. The first kappa shape index (κ1) is 26.5. The van der Waals surface area contributed by atoms with E-state index in [0.717, 1.165) is 35.7 Å². The molecular weight excluding hydrogens is 492 g/mol. The van der Waals surface area contributed by atoms with Gasteiger partial charge in [0.15, 0.2) is 5.69 Å². The lowest BCUT2D eigenvalue weighted by Gasteiger charge is -2.48. The Morgan fingerprint density at radius 2 is 1.59 bits per heavy atom. The van der Waals surface area contributed by atoms with Crippen molar-refractivity contribution in [3.8, 4) is 0 Å². The monoisotopic (exact) mass is 534 g/mol. The third-order valence-electron chi connectivity index (χ3n) is 9.97. The number of carbonyl (C=O) groups is 1. The molecule has 0 amide bonds. The van der Waals surface area contributed by atoms with E-state index in [1.807, 2.05) is 28.8 Å². The van der Waals surface area contributed by atoms with E-state index in [9.17, 15) is 14.7 Å². The van der Waals surface area contributed by atoms with E-state index in [1.165, 1.54) is 71.6 Å². The number of hydrogen-bond donors (Lipinski definition) is 1. The smallest absolute Gasteiger partial charge is 0.350 e. The summed E-state index contributed by atoms with van der Waals surface area (Å²) in [5.41, 5.74) is 0.436. The van der Waals surface area contributed by atoms with E-state index < -0.39 is 11.6 Å². The SMILES string of the molecule is CC(=NOC(C)(C)C(=O)O)c1nc2ccccc2n(C2CC3CCC(C2)N3C2CC3CCCCC(C3)C2)c1=O. The van der Waals surface area contributed by atoms with Crippen LogP contribution in [0.5, 0.6) is 0 Å². The van der Waals surface area contributed by atoms with E-state index in [4.69, 9.17) is 4.84 Å². The van der Waals surface area contributed by atoms with Crippen LogP contribution in [0.4, 0.5) is 0 Å². The molecule has 4 bridgehead atoms.